The summed E-state index contributed by atoms with van der Waals surface area (Å²) in [6.07, 6.45) is 2.88. The number of aliphatic hydroxyl groups is 1. The molecule has 0 fully saturated rings. The molecule has 12 heavy (non-hydrogen) atoms. The van der Waals surface area contributed by atoms with Gasteiger partial charge in [0.2, 0.25) is 5.12 Å². The molecular weight excluding hydrogens is 172 g/mol. The third-order valence-corrected chi connectivity index (χ3v) is 2.66. The van der Waals surface area contributed by atoms with Crippen molar-refractivity contribution in [3.8, 4) is 0 Å². The van der Waals surface area contributed by atoms with Gasteiger partial charge in [-0.3, -0.25) is 4.79 Å². The first-order chi connectivity index (χ1) is 5.61. The Bertz CT molecular complexity index is 209. The fraction of sp³-hybridized carbons (Fsp3) is 0.667. The summed E-state index contributed by atoms with van der Waals surface area (Å²) in [5.74, 6) is 0. The van der Waals surface area contributed by atoms with Crippen LogP contribution in [-0.2, 0) is 4.79 Å². The smallest absolute Gasteiger partial charge is 0.217 e. The summed E-state index contributed by atoms with van der Waals surface area (Å²) in [6.45, 7) is 3.95. The van der Waals surface area contributed by atoms with E-state index in [9.17, 15) is 9.90 Å². The molecule has 1 aliphatic rings. The average Bonchev–Trinajstić information content (AvgIpc) is 2.33. The summed E-state index contributed by atoms with van der Waals surface area (Å²) in [5.41, 5.74) is 0.605. The largest absolute Gasteiger partial charge is 0.388 e. The number of thioether (sulfide) groups is 1. The van der Waals surface area contributed by atoms with Gasteiger partial charge in [0.1, 0.15) is 0 Å². The van der Waals surface area contributed by atoms with Crippen LogP contribution in [0.2, 0.25) is 0 Å². The van der Waals surface area contributed by atoms with E-state index in [0.29, 0.717) is 17.2 Å². The third-order valence-electron chi connectivity index (χ3n) is 1.74. The van der Waals surface area contributed by atoms with Crippen molar-refractivity contribution in [3.05, 3.63) is 11.6 Å². The highest BCUT2D eigenvalue weighted by Crippen LogP contribution is 2.25. The van der Waals surface area contributed by atoms with Crippen LogP contribution in [0.25, 0.3) is 0 Å². The molecule has 68 valence electrons. The summed E-state index contributed by atoms with van der Waals surface area (Å²) in [4.78, 5) is 11.4. The van der Waals surface area contributed by atoms with E-state index >= 15 is 0 Å². The van der Waals surface area contributed by atoms with E-state index in [2.05, 4.69) is 0 Å². The zero-order valence-electron chi connectivity index (χ0n) is 7.41. The minimum Gasteiger partial charge on any atom is -0.388 e. The second-order valence-electron chi connectivity index (χ2n) is 3.21. The fourth-order valence-corrected chi connectivity index (χ4v) is 1.97. The first-order valence-corrected chi connectivity index (χ1v) is 5.08. The molecule has 1 N–H and O–H groups in total. The maximum absolute atomic E-state index is 11.4. The summed E-state index contributed by atoms with van der Waals surface area (Å²) in [6, 6.07) is 0. The van der Waals surface area contributed by atoms with Crippen molar-refractivity contribution in [1.82, 2.24) is 0 Å². The molecule has 0 saturated carbocycles. The Labute approximate surface area is 77.0 Å². The van der Waals surface area contributed by atoms with Gasteiger partial charge in [0.25, 0.3) is 0 Å². The normalized spacial score (nSPS) is 23.0. The van der Waals surface area contributed by atoms with Gasteiger partial charge in [0.15, 0.2) is 0 Å². The van der Waals surface area contributed by atoms with E-state index in [0.717, 1.165) is 6.42 Å². The van der Waals surface area contributed by atoms with Crippen LogP contribution < -0.4 is 0 Å². The van der Waals surface area contributed by atoms with Crippen LogP contribution in [0.15, 0.2) is 11.6 Å². The van der Waals surface area contributed by atoms with Crippen LogP contribution in [0.4, 0.5) is 0 Å². The van der Waals surface area contributed by atoms with E-state index in [1.54, 1.807) is 0 Å². The highest BCUT2D eigenvalue weighted by atomic mass is 32.2. The van der Waals surface area contributed by atoms with Crippen LogP contribution >= 0.6 is 11.8 Å². The van der Waals surface area contributed by atoms with Crippen molar-refractivity contribution in [2.24, 2.45) is 0 Å². The maximum atomic E-state index is 11.4. The Morgan fingerprint density at radius 2 is 2.42 bits per heavy atom. The molecule has 0 unspecified atom stereocenters. The van der Waals surface area contributed by atoms with Crippen LogP contribution in [0.5, 0.6) is 0 Å². The van der Waals surface area contributed by atoms with E-state index < -0.39 is 6.10 Å². The van der Waals surface area contributed by atoms with E-state index in [4.69, 9.17) is 0 Å². The Balaban J connectivity index is 2.52. The Morgan fingerprint density at radius 3 is 2.83 bits per heavy atom. The van der Waals surface area contributed by atoms with Gasteiger partial charge in [-0.15, -0.1) is 0 Å². The zero-order valence-corrected chi connectivity index (χ0v) is 8.23. The lowest BCUT2D eigenvalue weighted by Crippen LogP contribution is -2.12. The molecule has 0 radical (unpaired) electrons. The number of carbonyl (C=O) groups excluding carboxylic acids is 1. The fourth-order valence-electron chi connectivity index (χ4n) is 1.19. The van der Waals surface area contributed by atoms with Crippen LogP contribution in [0.1, 0.15) is 26.7 Å². The third kappa shape index (κ3) is 2.35. The topological polar surface area (TPSA) is 37.3 Å². The van der Waals surface area contributed by atoms with Gasteiger partial charge in [-0.25, -0.2) is 0 Å². The molecular formula is C9H14O2S. The predicted molar refractivity (Wildman–Crippen MR) is 51.1 cm³/mol. The maximum Gasteiger partial charge on any atom is 0.217 e. The number of allylic oxidation sites excluding steroid dienone is 1. The minimum atomic E-state index is -0.510. The number of aliphatic hydroxyl groups excluding tert-OH is 1. The highest BCUT2D eigenvalue weighted by Gasteiger charge is 2.23. The molecule has 0 aliphatic heterocycles. The lowest BCUT2D eigenvalue weighted by molar-refractivity contribution is -0.108. The molecule has 0 spiro atoms. The molecule has 2 nitrogen and oxygen atoms in total. The summed E-state index contributed by atoms with van der Waals surface area (Å²) >= 11 is 1.29. The van der Waals surface area contributed by atoms with Gasteiger partial charge in [-0.2, -0.15) is 0 Å². The second-order valence-corrected chi connectivity index (χ2v) is 4.76. The Morgan fingerprint density at radius 1 is 1.75 bits per heavy atom. The molecule has 0 heterocycles. The van der Waals surface area contributed by atoms with Crippen LogP contribution in [0, 0.1) is 0 Å². The van der Waals surface area contributed by atoms with Crippen molar-refractivity contribution in [1.29, 1.82) is 0 Å². The quantitative estimate of drug-likeness (QED) is 0.713. The first kappa shape index (κ1) is 9.81. The van der Waals surface area contributed by atoms with Crippen molar-refractivity contribution >= 4 is 16.9 Å². The summed E-state index contributed by atoms with van der Waals surface area (Å²) in [5, 5.41) is 9.70. The van der Waals surface area contributed by atoms with Crippen molar-refractivity contribution in [2.75, 3.05) is 0 Å². The van der Waals surface area contributed by atoms with Crippen LogP contribution in [0.3, 0.4) is 0 Å². The van der Waals surface area contributed by atoms with Crippen LogP contribution in [-0.4, -0.2) is 21.6 Å². The van der Waals surface area contributed by atoms with Gasteiger partial charge >= 0.3 is 0 Å². The summed E-state index contributed by atoms with van der Waals surface area (Å²) in [7, 11) is 0. The van der Waals surface area contributed by atoms with E-state index in [1.807, 2.05) is 19.9 Å². The molecule has 3 heteroatoms. The van der Waals surface area contributed by atoms with Gasteiger partial charge in [-0.1, -0.05) is 31.7 Å². The molecule has 0 aromatic carbocycles. The zero-order chi connectivity index (χ0) is 9.14. The molecule has 1 rings (SSSR count). The SMILES string of the molecule is CC(C)SC(=O)C1=CCC[C@H]1O. The lowest BCUT2D eigenvalue weighted by Gasteiger charge is -2.07. The summed E-state index contributed by atoms with van der Waals surface area (Å²) < 4.78 is 0. The molecule has 0 aromatic heterocycles. The lowest BCUT2D eigenvalue weighted by atomic mass is 10.2. The monoisotopic (exact) mass is 186 g/mol. The molecule has 0 bridgehead atoms. The van der Waals surface area contributed by atoms with Gasteiger partial charge < -0.3 is 5.11 Å². The highest BCUT2D eigenvalue weighted by molar-refractivity contribution is 8.14. The molecule has 0 aromatic rings. The number of hydrogen-bond acceptors (Lipinski definition) is 3. The number of rotatable bonds is 2. The molecule has 1 aliphatic carbocycles. The Kier molecular flexibility index (Phi) is 3.35. The molecule has 0 amide bonds. The van der Waals surface area contributed by atoms with E-state index in [1.165, 1.54) is 11.8 Å². The minimum absolute atomic E-state index is 0.0370. The standard InChI is InChI=1S/C9H14O2S/c1-6(2)12-9(11)7-4-3-5-8(7)10/h4,6,8,10H,3,5H2,1-2H3/t8-/m1/s1. The average molecular weight is 186 g/mol. The van der Waals surface area contributed by atoms with Crippen molar-refractivity contribution in [2.45, 2.75) is 38.0 Å². The second kappa shape index (κ2) is 4.10. The van der Waals surface area contributed by atoms with Gasteiger partial charge in [0, 0.05) is 10.8 Å². The van der Waals surface area contributed by atoms with E-state index in [-0.39, 0.29) is 5.12 Å². The molecule has 1 atom stereocenters. The predicted octanol–water partition coefficient (Wildman–Crippen LogP) is 1.74. The Hall–Kier alpha value is -0.280. The first-order valence-electron chi connectivity index (χ1n) is 4.20. The van der Waals surface area contributed by atoms with Gasteiger partial charge in [0.05, 0.1) is 6.10 Å². The van der Waals surface area contributed by atoms with Gasteiger partial charge in [-0.05, 0) is 12.8 Å². The molecule has 0 saturated heterocycles. The van der Waals surface area contributed by atoms with Crippen molar-refractivity contribution in [3.63, 3.8) is 0 Å². The number of carbonyl (C=O) groups is 1. The van der Waals surface area contributed by atoms with Crippen molar-refractivity contribution < 1.29 is 9.90 Å². The number of hydrogen-bond donors (Lipinski definition) is 1.